The monoisotopic (exact) mass is 825 g/mol. The van der Waals surface area contributed by atoms with E-state index in [-0.39, 0.29) is 96.0 Å². The van der Waals surface area contributed by atoms with Gasteiger partial charge in [-0.1, -0.05) is 52.4 Å². The standard InChI is InChI=1S/C38H68NO16P/c1-6-8-10-12-25-48-33(40)18-14-20-35(42)50-27-16-22-37(44)52-30-32(31-54-56(46,47)53-29-24-39(3,4)5)55-38(45)23-17-28-51-36(43)21-15-19-34(41)49-26-13-11-9-7-2/h32H,6-31H2,1-5H3/t32-/m1/s1. The van der Waals surface area contributed by atoms with Crippen molar-refractivity contribution in [1.82, 2.24) is 0 Å². The first kappa shape index (κ1) is 52.9. The van der Waals surface area contributed by atoms with Crippen molar-refractivity contribution in [1.29, 1.82) is 0 Å². The zero-order valence-electron chi connectivity index (χ0n) is 34.4. The second-order valence-electron chi connectivity index (χ2n) is 14.3. The quantitative estimate of drug-likeness (QED) is 0.0270. The van der Waals surface area contributed by atoms with Gasteiger partial charge in [0, 0.05) is 38.5 Å². The average Bonchev–Trinajstić information content (AvgIpc) is 3.12. The number of likely N-dealkylation sites (N-methyl/N-ethyl adjacent to an activating group) is 1. The molecule has 0 saturated carbocycles. The molecule has 0 aliphatic heterocycles. The van der Waals surface area contributed by atoms with E-state index in [9.17, 15) is 38.2 Å². The number of carbonyl (C=O) groups excluding carboxylic acids is 6. The van der Waals surface area contributed by atoms with E-state index in [1.165, 1.54) is 0 Å². The maximum absolute atomic E-state index is 12.5. The molecule has 1 unspecified atom stereocenters. The molecule has 0 N–H and O–H groups in total. The molecule has 0 bridgehead atoms. The summed E-state index contributed by atoms with van der Waals surface area (Å²) in [6, 6.07) is 0. The summed E-state index contributed by atoms with van der Waals surface area (Å²) in [5.74, 6) is -3.31. The number of carbonyl (C=O) groups is 6. The van der Waals surface area contributed by atoms with Crippen LogP contribution in [-0.2, 0) is 70.8 Å². The van der Waals surface area contributed by atoms with E-state index in [2.05, 4.69) is 13.8 Å². The molecule has 0 spiro atoms. The van der Waals surface area contributed by atoms with Gasteiger partial charge in [0.25, 0.3) is 7.82 Å². The topological polar surface area (TPSA) is 216 Å². The zero-order chi connectivity index (χ0) is 42.1. The van der Waals surface area contributed by atoms with Crippen molar-refractivity contribution < 1.29 is 80.2 Å². The predicted molar refractivity (Wildman–Crippen MR) is 202 cm³/mol. The largest absolute Gasteiger partial charge is 0.756 e. The Kier molecular flexibility index (Phi) is 31.1. The molecule has 0 rings (SSSR count). The van der Waals surface area contributed by atoms with Crippen LogP contribution in [0, 0.1) is 0 Å². The first-order valence-corrected chi connectivity index (χ1v) is 21.4. The SMILES string of the molecule is CCCCCCOC(=O)CCCC(=O)OCCCC(=O)OC[C@H](COP(=O)([O-])OCC[N+](C)(C)C)OC(=O)CCCOC(=O)CCCC(=O)OCCCCCC. The number of hydrogen-bond donors (Lipinski definition) is 0. The van der Waals surface area contributed by atoms with Crippen LogP contribution in [0.4, 0.5) is 0 Å². The highest BCUT2D eigenvalue weighted by molar-refractivity contribution is 7.45. The van der Waals surface area contributed by atoms with Crippen molar-refractivity contribution in [3.8, 4) is 0 Å². The number of ether oxygens (including phenoxy) is 6. The molecular weight excluding hydrogens is 757 g/mol. The fraction of sp³-hybridized carbons (Fsp3) is 0.842. The van der Waals surface area contributed by atoms with Crippen molar-refractivity contribution in [3.63, 3.8) is 0 Å². The van der Waals surface area contributed by atoms with Gasteiger partial charge in [0.2, 0.25) is 0 Å². The Balaban J connectivity index is 4.63. The Labute approximate surface area is 332 Å². The van der Waals surface area contributed by atoms with Gasteiger partial charge >= 0.3 is 35.8 Å². The van der Waals surface area contributed by atoms with Gasteiger partial charge in [-0.25, -0.2) is 0 Å². The van der Waals surface area contributed by atoms with E-state index in [0.717, 1.165) is 51.4 Å². The lowest BCUT2D eigenvalue weighted by Gasteiger charge is -2.28. The third-order valence-corrected chi connectivity index (χ3v) is 8.74. The van der Waals surface area contributed by atoms with Gasteiger partial charge in [0.1, 0.15) is 19.8 Å². The molecule has 0 radical (unpaired) electrons. The first-order valence-electron chi connectivity index (χ1n) is 19.9. The lowest BCUT2D eigenvalue weighted by atomic mass is 10.2. The third-order valence-electron chi connectivity index (χ3n) is 7.78. The van der Waals surface area contributed by atoms with Crippen molar-refractivity contribution in [2.75, 3.05) is 73.9 Å². The highest BCUT2D eigenvalue weighted by Gasteiger charge is 2.22. The summed E-state index contributed by atoms with van der Waals surface area (Å²) in [6.07, 6.45) is 7.23. The van der Waals surface area contributed by atoms with Gasteiger partial charge in [-0.05, 0) is 38.5 Å². The molecule has 326 valence electrons. The van der Waals surface area contributed by atoms with Crippen molar-refractivity contribution >= 4 is 43.6 Å². The van der Waals surface area contributed by atoms with Crippen LogP contribution in [0.2, 0.25) is 0 Å². The fourth-order valence-electron chi connectivity index (χ4n) is 4.53. The van der Waals surface area contributed by atoms with Crippen LogP contribution in [0.15, 0.2) is 0 Å². The van der Waals surface area contributed by atoms with Crippen LogP contribution in [0.25, 0.3) is 0 Å². The third kappa shape index (κ3) is 35.3. The van der Waals surface area contributed by atoms with Gasteiger partial charge in [-0.3, -0.25) is 33.3 Å². The Hall–Kier alpha value is -3.11. The number of phosphoric acid groups is 1. The van der Waals surface area contributed by atoms with E-state index >= 15 is 0 Å². The second kappa shape index (κ2) is 32.9. The maximum atomic E-state index is 12.5. The van der Waals surface area contributed by atoms with Crippen LogP contribution < -0.4 is 4.89 Å². The second-order valence-corrected chi connectivity index (χ2v) is 15.7. The summed E-state index contributed by atoms with van der Waals surface area (Å²) < 4.78 is 53.5. The molecule has 0 aliphatic carbocycles. The smallest absolute Gasteiger partial charge is 0.306 e. The van der Waals surface area contributed by atoms with Crippen LogP contribution >= 0.6 is 7.82 Å². The molecule has 56 heavy (non-hydrogen) atoms. The Bertz CT molecular complexity index is 1170. The minimum Gasteiger partial charge on any atom is -0.756 e. The van der Waals surface area contributed by atoms with E-state index in [0.29, 0.717) is 24.2 Å². The number of unbranched alkanes of at least 4 members (excludes halogenated alkanes) is 6. The molecule has 0 saturated heterocycles. The Morgan fingerprint density at radius 2 is 0.875 bits per heavy atom. The summed E-state index contributed by atoms with van der Waals surface area (Å²) >= 11 is 0. The summed E-state index contributed by atoms with van der Waals surface area (Å²) in [7, 11) is 0.755. The summed E-state index contributed by atoms with van der Waals surface area (Å²) in [5, 5.41) is 0. The fourth-order valence-corrected chi connectivity index (χ4v) is 5.26. The van der Waals surface area contributed by atoms with Crippen molar-refractivity contribution in [2.45, 2.75) is 136 Å². The highest BCUT2D eigenvalue weighted by atomic mass is 31.2. The van der Waals surface area contributed by atoms with E-state index in [1.54, 1.807) is 0 Å². The number of quaternary nitrogens is 1. The van der Waals surface area contributed by atoms with Gasteiger partial charge in [0.05, 0.1) is 54.2 Å². The number of hydrogen-bond acceptors (Lipinski definition) is 16. The molecule has 0 amide bonds. The van der Waals surface area contributed by atoms with Gasteiger partial charge in [-0.15, -0.1) is 0 Å². The minimum absolute atomic E-state index is 0.00599. The molecule has 0 fully saturated rings. The number of phosphoric ester groups is 1. The van der Waals surface area contributed by atoms with Crippen LogP contribution in [-0.4, -0.2) is 120 Å². The van der Waals surface area contributed by atoms with Crippen LogP contribution in [0.3, 0.4) is 0 Å². The van der Waals surface area contributed by atoms with E-state index < -0.39 is 51.0 Å². The predicted octanol–water partition coefficient (Wildman–Crippen LogP) is 4.88. The van der Waals surface area contributed by atoms with Gasteiger partial charge in [-0.2, -0.15) is 0 Å². The first-order chi connectivity index (χ1) is 26.6. The normalized spacial score (nSPS) is 12.9. The molecule has 0 aromatic heterocycles. The Morgan fingerprint density at radius 1 is 0.482 bits per heavy atom. The molecule has 2 atom stereocenters. The van der Waals surface area contributed by atoms with Crippen LogP contribution in [0.1, 0.15) is 129 Å². The number of rotatable bonds is 36. The number of nitrogens with zero attached hydrogens (tertiary/aromatic N) is 1. The Morgan fingerprint density at radius 3 is 1.30 bits per heavy atom. The molecular formula is C38H68NO16P. The molecule has 0 aromatic rings. The van der Waals surface area contributed by atoms with Crippen LogP contribution in [0.5, 0.6) is 0 Å². The van der Waals surface area contributed by atoms with Crippen molar-refractivity contribution in [3.05, 3.63) is 0 Å². The number of esters is 6. The molecule has 0 aromatic carbocycles. The maximum Gasteiger partial charge on any atom is 0.306 e. The summed E-state index contributed by atoms with van der Waals surface area (Å²) in [6.45, 7) is 3.72. The highest BCUT2D eigenvalue weighted by Crippen LogP contribution is 2.38. The van der Waals surface area contributed by atoms with Gasteiger partial charge in [0.15, 0.2) is 6.10 Å². The van der Waals surface area contributed by atoms with E-state index in [1.807, 2.05) is 21.1 Å². The van der Waals surface area contributed by atoms with Gasteiger partial charge < -0.3 is 46.8 Å². The molecule has 17 nitrogen and oxygen atoms in total. The molecule has 0 heterocycles. The van der Waals surface area contributed by atoms with Crippen molar-refractivity contribution in [2.24, 2.45) is 0 Å². The average molecular weight is 826 g/mol. The molecule has 18 heteroatoms. The zero-order valence-corrected chi connectivity index (χ0v) is 35.3. The van der Waals surface area contributed by atoms with E-state index in [4.69, 9.17) is 37.5 Å². The lowest BCUT2D eigenvalue weighted by Crippen LogP contribution is -2.37. The summed E-state index contributed by atoms with van der Waals surface area (Å²) in [5.41, 5.74) is 0. The lowest BCUT2D eigenvalue weighted by molar-refractivity contribution is -0.870. The minimum atomic E-state index is -4.79. The summed E-state index contributed by atoms with van der Waals surface area (Å²) in [4.78, 5) is 84.8. The molecule has 0 aliphatic rings.